The lowest BCUT2D eigenvalue weighted by molar-refractivity contribution is -0.115. The van der Waals surface area contributed by atoms with Gasteiger partial charge < -0.3 is 0 Å². The number of anilines is 2. The first-order chi connectivity index (χ1) is 11.7. The number of nitrogens with zero attached hydrogens (tertiary/aromatic N) is 3. The number of carbonyl (C=O) groups excluding carboxylic acids is 1. The number of rotatable bonds is 3. The molecule has 4 rings (SSSR count). The average Bonchev–Trinajstić information content (AvgIpc) is 3.11. The molecule has 2 heterocycles. The summed E-state index contributed by atoms with van der Waals surface area (Å²) in [5.74, 6) is 0.284. The van der Waals surface area contributed by atoms with E-state index in [2.05, 4.69) is 10.2 Å². The van der Waals surface area contributed by atoms with Gasteiger partial charge in [0.25, 0.3) is 0 Å². The molecule has 2 aromatic carbocycles. The van der Waals surface area contributed by atoms with Gasteiger partial charge in [0.2, 0.25) is 5.91 Å². The molecule has 0 fully saturated rings. The molecule has 0 spiro atoms. The van der Waals surface area contributed by atoms with Crippen LogP contribution in [-0.2, 0) is 4.79 Å². The predicted octanol–water partition coefficient (Wildman–Crippen LogP) is 5.11. The van der Waals surface area contributed by atoms with Gasteiger partial charge in [-0.1, -0.05) is 58.6 Å². The van der Waals surface area contributed by atoms with Crippen molar-refractivity contribution < 1.29 is 4.79 Å². The summed E-state index contributed by atoms with van der Waals surface area (Å²) >= 11 is 10.6. The van der Waals surface area contributed by atoms with E-state index in [0.717, 1.165) is 25.5 Å². The second-order valence-electron chi connectivity index (χ2n) is 4.90. The molecule has 24 heavy (non-hydrogen) atoms. The third-order valence-corrected chi connectivity index (χ3v) is 6.61. The zero-order valence-electron chi connectivity index (χ0n) is 12.2. The number of aromatic nitrogens is 2. The first-order valence-electron chi connectivity index (χ1n) is 7.01. The van der Waals surface area contributed by atoms with Crippen LogP contribution in [0.5, 0.6) is 0 Å². The van der Waals surface area contributed by atoms with Gasteiger partial charge in [0.1, 0.15) is 5.51 Å². The Bertz CT molecular complexity index is 901. The van der Waals surface area contributed by atoms with Crippen LogP contribution in [0.3, 0.4) is 0 Å². The average molecular weight is 392 g/mol. The third-order valence-electron chi connectivity index (χ3n) is 3.40. The van der Waals surface area contributed by atoms with Crippen molar-refractivity contribution in [3.63, 3.8) is 0 Å². The molecule has 1 aromatic heterocycles. The normalized spacial score (nSPS) is 12.6. The number of fused-ring (bicyclic) bond motifs is 2. The van der Waals surface area contributed by atoms with Crippen LogP contribution in [0, 0.1) is 0 Å². The summed E-state index contributed by atoms with van der Waals surface area (Å²) in [6.45, 7) is 0. The van der Waals surface area contributed by atoms with Crippen molar-refractivity contribution in [3.8, 4) is 0 Å². The molecule has 1 aliphatic heterocycles. The van der Waals surface area contributed by atoms with Crippen molar-refractivity contribution in [1.82, 2.24) is 10.2 Å². The molecule has 0 saturated heterocycles. The van der Waals surface area contributed by atoms with Crippen molar-refractivity contribution in [2.45, 2.75) is 14.1 Å². The highest BCUT2D eigenvalue weighted by Crippen LogP contribution is 2.49. The van der Waals surface area contributed by atoms with E-state index in [0.29, 0.717) is 10.8 Å². The van der Waals surface area contributed by atoms with E-state index in [9.17, 15) is 4.79 Å². The van der Waals surface area contributed by atoms with Gasteiger partial charge in [-0.25, -0.2) is 0 Å². The molecule has 1 amide bonds. The Labute approximate surface area is 156 Å². The van der Waals surface area contributed by atoms with Crippen molar-refractivity contribution >= 4 is 63.7 Å². The number of halogens is 1. The third kappa shape index (κ3) is 3.04. The maximum atomic E-state index is 12.9. The first kappa shape index (κ1) is 16.0. The van der Waals surface area contributed by atoms with Crippen molar-refractivity contribution in [1.29, 1.82) is 0 Å². The Morgan fingerprint density at radius 3 is 2.83 bits per heavy atom. The number of amides is 1. The van der Waals surface area contributed by atoms with Crippen LogP contribution in [-0.4, -0.2) is 21.9 Å². The molecule has 0 unspecified atom stereocenters. The minimum Gasteiger partial charge on any atom is -0.278 e. The van der Waals surface area contributed by atoms with E-state index in [-0.39, 0.29) is 5.91 Å². The summed E-state index contributed by atoms with van der Waals surface area (Å²) < 4.78 is 0.786. The van der Waals surface area contributed by atoms with Crippen LogP contribution in [0.1, 0.15) is 0 Å². The topological polar surface area (TPSA) is 46.1 Å². The van der Waals surface area contributed by atoms with E-state index >= 15 is 0 Å². The predicted molar refractivity (Wildman–Crippen MR) is 99.8 cm³/mol. The largest absolute Gasteiger partial charge is 0.278 e. The van der Waals surface area contributed by atoms with Crippen molar-refractivity contribution in [2.75, 3.05) is 10.7 Å². The number of hydrogen-bond donors (Lipinski definition) is 0. The Kier molecular flexibility index (Phi) is 4.49. The van der Waals surface area contributed by atoms with Crippen LogP contribution in [0.2, 0.25) is 5.02 Å². The number of carbonyl (C=O) groups is 1. The molecule has 8 heteroatoms. The maximum Gasteiger partial charge on any atom is 0.242 e. The molecule has 0 bridgehead atoms. The maximum absolute atomic E-state index is 12.9. The number of thioether (sulfide) groups is 1. The zero-order valence-corrected chi connectivity index (χ0v) is 15.4. The van der Waals surface area contributed by atoms with E-state index in [1.807, 2.05) is 42.5 Å². The van der Waals surface area contributed by atoms with Gasteiger partial charge in [-0.15, -0.1) is 10.2 Å². The van der Waals surface area contributed by atoms with Crippen LogP contribution in [0.25, 0.3) is 0 Å². The Morgan fingerprint density at radius 2 is 2.00 bits per heavy atom. The van der Waals surface area contributed by atoms with E-state index < -0.39 is 0 Å². The van der Waals surface area contributed by atoms with Gasteiger partial charge in [0.05, 0.1) is 17.1 Å². The number of para-hydroxylation sites is 1. The molecule has 0 aliphatic carbocycles. The summed E-state index contributed by atoms with van der Waals surface area (Å²) in [4.78, 5) is 16.8. The molecule has 0 N–H and O–H groups in total. The smallest absolute Gasteiger partial charge is 0.242 e. The molecular formula is C16H10ClN3OS3. The fraction of sp³-hybridized carbons (Fsp3) is 0.0625. The molecule has 1 aliphatic rings. The summed E-state index contributed by atoms with van der Waals surface area (Å²) in [5, 5.41) is 8.38. The number of hydrogen-bond acceptors (Lipinski definition) is 6. The highest BCUT2D eigenvalue weighted by Gasteiger charge is 2.28. The first-order valence-corrected chi connectivity index (χ1v) is 10.1. The Hall–Kier alpha value is -1.54. The molecule has 4 nitrogen and oxygen atoms in total. The van der Waals surface area contributed by atoms with Gasteiger partial charge in [0, 0.05) is 14.8 Å². The van der Waals surface area contributed by atoms with E-state index in [4.69, 9.17) is 11.6 Å². The second kappa shape index (κ2) is 6.76. The van der Waals surface area contributed by atoms with Gasteiger partial charge in [-0.2, -0.15) is 0 Å². The quantitative estimate of drug-likeness (QED) is 0.580. The highest BCUT2D eigenvalue weighted by atomic mass is 35.5. The standard InChI is InChI=1S/C16H10ClN3OS3/c17-10-5-6-14-12(7-10)20(11-3-1-2-4-13(11)24-14)15(21)8-22-16-19-18-9-23-16/h1-7,9H,8H2. The second-order valence-corrected chi connectivity index (χ2v) is 8.48. The lowest BCUT2D eigenvalue weighted by atomic mass is 10.2. The Morgan fingerprint density at radius 1 is 1.17 bits per heavy atom. The van der Waals surface area contributed by atoms with Crippen LogP contribution in [0.15, 0.2) is 62.1 Å². The number of benzene rings is 2. The lowest BCUT2D eigenvalue weighted by Gasteiger charge is -2.31. The van der Waals surface area contributed by atoms with Crippen LogP contribution >= 0.6 is 46.5 Å². The molecule has 3 aromatic rings. The van der Waals surface area contributed by atoms with Gasteiger partial charge >= 0.3 is 0 Å². The Balaban J connectivity index is 1.70. The summed E-state index contributed by atoms with van der Waals surface area (Å²) in [6.07, 6.45) is 0. The lowest BCUT2D eigenvalue weighted by Crippen LogP contribution is -2.30. The summed E-state index contributed by atoms with van der Waals surface area (Å²) in [6, 6.07) is 13.5. The van der Waals surface area contributed by atoms with Gasteiger partial charge in [-0.05, 0) is 30.3 Å². The minimum atomic E-state index is -0.00790. The van der Waals surface area contributed by atoms with E-state index in [1.165, 1.54) is 23.1 Å². The summed E-state index contributed by atoms with van der Waals surface area (Å²) in [5.41, 5.74) is 3.38. The fourth-order valence-electron chi connectivity index (χ4n) is 2.41. The fourth-order valence-corrected chi connectivity index (χ4v) is 4.95. The van der Waals surface area contributed by atoms with Crippen molar-refractivity contribution in [2.24, 2.45) is 0 Å². The summed E-state index contributed by atoms with van der Waals surface area (Å²) in [7, 11) is 0. The zero-order chi connectivity index (χ0) is 16.5. The van der Waals surface area contributed by atoms with E-state index in [1.54, 1.807) is 22.2 Å². The molecule has 120 valence electrons. The minimum absolute atomic E-state index is 0.00790. The monoisotopic (exact) mass is 391 g/mol. The molecule has 0 atom stereocenters. The molecular weight excluding hydrogens is 382 g/mol. The molecule has 0 radical (unpaired) electrons. The van der Waals surface area contributed by atoms with Crippen LogP contribution < -0.4 is 4.90 Å². The highest BCUT2D eigenvalue weighted by molar-refractivity contribution is 8.01. The van der Waals surface area contributed by atoms with Gasteiger partial charge in [-0.3, -0.25) is 9.69 Å². The SMILES string of the molecule is O=C(CSc1nncs1)N1c2ccccc2Sc2ccc(Cl)cc21. The van der Waals surface area contributed by atoms with Crippen molar-refractivity contribution in [3.05, 3.63) is 53.0 Å². The molecule has 0 saturated carbocycles. The van der Waals surface area contributed by atoms with Gasteiger partial charge in [0.15, 0.2) is 4.34 Å². The van der Waals surface area contributed by atoms with Crippen LogP contribution in [0.4, 0.5) is 11.4 Å².